The number of carbonyl (C=O) groups is 1. The highest BCUT2D eigenvalue weighted by Crippen LogP contribution is 2.35. The zero-order valence-corrected chi connectivity index (χ0v) is 14.3. The fourth-order valence-electron chi connectivity index (χ4n) is 3.89. The van der Waals surface area contributed by atoms with Gasteiger partial charge in [0.15, 0.2) is 6.10 Å². The second-order valence-electron chi connectivity index (χ2n) is 6.87. The first-order chi connectivity index (χ1) is 12.1. The van der Waals surface area contributed by atoms with E-state index in [9.17, 15) is 9.90 Å². The lowest BCUT2D eigenvalue weighted by atomic mass is 9.94. The van der Waals surface area contributed by atoms with Gasteiger partial charge in [0, 0.05) is 25.3 Å². The minimum absolute atomic E-state index is 0.308. The fourth-order valence-corrected chi connectivity index (χ4v) is 3.89. The number of nitrogens with zero attached hydrogens (tertiary/aromatic N) is 3. The Morgan fingerprint density at radius 3 is 3.00 bits per heavy atom. The lowest BCUT2D eigenvalue weighted by molar-refractivity contribution is -0.141. The Morgan fingerprint density at radius 2 is 2.28 bits per heavy atom. The smallest absolute Gasteiger partial charge is 0.258 e. The Bertz CT molecular complexity index is 788. The highest BCUT2D eigenvalue weighted by Gasteiger charge is 2.32. The van der Waals surface area contributed by atoms with Gasteiger partial charge in [-0.2, -0.15) is 0 Å². The summed E-state index contributed by atoms with van der Waals surface area (Å²) in [6.07, 6.45) is 3.95. The second kappa shape index (κ2) is 6.54. The van der Waals surface area contributed by atoms with E-state index in [1.54, 1.807) is 11.0 Å². The first kappa shape index (κ1) is 16.2. The number of aliphatic hydroxyl groups is 1. The molecule has 1 unspecified atom stereocenters. The number of hydrogen-bond donors (Lipinski definition) is 2. The lowest BCUT2D eigenvalue weighted by Crippen LogP contribution is -2.31. The third-order valence-corrected chi connectivity index (χ3v) is 5.10. The predicted octanol–water partition coefficient (Wildman–Crippen LogP) is 1.79. The van der Waals surface area contributed by atoms with Crippen molar-refractivity contribution >= 4 is 5.91 Å². The van der Waals surface area contributed by atoms with E-state index >= 15 is 0 Å². The maximum atomic E-state index is 12.7. The number of fused-ring (bicyclic) bond motifs is 1. The number of carbonyl (C=O) groups excluding carboxylic acids is 1. The molecule has 1 aromatic heterocycles. The minimum atomic E-state index is -1.24. The molecule has 0 spiro atoms. The third-order valence-electron chi connectivity index (χ3n) is 5.10. The van der Waals surface area contributed by atoms with E-state index in [1.165, 1.54) is 41.2 Å². The average Bonchev–Trinajstić information content (AvgIpc) is 3.30. The van der Waals surface area contributed by atoms with E-state index < -0.39 is 6.10 Å². The van der Waals surface area contributed by atoms with E-state index in [0.717, 1.165) is 13.0 Å². The Labute approximate surface area is 146 Å². The number of hydrogen-bond acceptors (Lipinski definition) is 5. The monoisotopic (exact) mass is 338 g/mol. The van der Waals surface area contributed by atoms with Crippen molar-refractivity contribution in [2.75, 3.05) is 6.54 Å². The summed E-state index contributed by atoms with van der Waals surface area (Å²) < 4.78 is 0. The molecule has 25 heavy (non-hydrogen) atoms. The van der Waals surface area contributed by atoms with Gasteiger partial charge in [-0.3, -0.25) is 4.79 Å². The molecule has 0 bridgehead atoms. The van der Waals surface area contributed by atoms with Gasteiger partial charge >= 0.3 is 0 Å². The van der Waals surface area contributed by atoms with Crippen molar-refractivity contribution in [2.45, 2.75) is 45.0 Å². The summed E-state index contributed by atoms with van der Waals surface area (Å²) in [6.45, 7) is 4.23. The number of amides is 1. The largest absolute Gasteiger partial charge is 0.377 e. The molecule has 0 aliphatic carbocycles. The maximum Gasteiger partial charge on any atom is 0.258 e. The fraction of sp³-hybridized carbons (Fsp3) is 0.421. The van der Waals surface area contributed by atoms with Gasteiger partial charge in [0.1, 0.15) is 6.33 Å². The molecule has 2 aromatic rings. The number of nitrogens with one attached hydrogen (secondary N) is 1. The summed E-state index contributed by atoms with van der Waals surface area (Å²) in [7, 11) is 0. The molecule has 2 atom stereocenters. The van der Waals surface area contributed by atoms with Crippen LogP contribution in [0.4, 0.5) is 0 Å². The first-order valence-corrected chi connectivity index (χ1v) is 8.72. The Morgan fingerprint density at radius 1 is 1.40 bits per heavy atom. The Kier molecular flexibility index (Phi) is 4.23. The molecule has 2 aliphatic rings. The molecular formula is C19H22N4O2. The molecule has 1 fully saturated rings. The standard InChI is InChI=1S/C19H22N4O2/c1-12-7-13-9-23(19(25)18(24)17-4-6-20-11-22-17)10-15(13)14(8-12)16-3-2-5-21-16/h4,6-8,11,16,18,21,24H,2-3,5,9-10H2,1H3/t16-,18?/m0/s1. The zero-order valence-electron chi connectivity index (χ0n) is 14.3. The van der Waals surface area contributed by atoms with E-state index in [1.807, 2.05) is 0 Å². The summed E-state index contributed by atoms with van der Waals surface area (Å²) in [5.41, 5.74) is 5.28. The normalized spacial score (nSPS) is 20.6. The van der Waals surface area contributed by atoms with Crippen LogP contribution in [0.15, 0.2) is 30.7 Å². The van der Waals surface area contributed by atoms with Gasteiger partial charge in [0.2, 0.25) is 0 Å². The van der Waals surface area contributed by atoms with Crippen LogP contribution in [0.1, 0.15) is 52.9 Å². The molecule has 0 radical (unpaired) electrons. The first-order valence-electron chi connectivity index (χ1n) is 8.72. The number of benzene rings is 1. The van der Waals surface area contributed by atoms with E-state index in [-0.39, 0.29) is 5.91 Å². The highest BCUT2D eigenvalue weighted by molar-refractivity contribution is 5.82. The Hall–Kier alpha value is -2.31. The van der Waals surface area contributed by atoms with Crippen molar-refractivity contribution in [3.63, 3.8) is 0 Å². The number of aryl methyl sites for hydroxylation is 1. The summed E-state index contributed by atoms with van der Waals surface area (Å²) in [6, 6.07) is 6.33. The minimum Gasteiger partial charge on any atom is -0.377 e. The molecule has 6 nitrogen and oxygen atoms in total. The van der Waals surface area contributed by atoms with Crippen molar-refractivity contribution in [2.24, 2.45) is 0 Å². The van der Waals surface area contributed by atoms with Crippen molar-refractivity contribution in [1.29, 1.82) is 0 Å². The van der Waals surface area contributed by atoms with E-state index in [4.69, 9.17) is 0 Å². The maximum absolute atomic E-state index is 12.7. The van der Waals surface area contributed by atoms with Crippen molar-refractivity contribution in [3.05, 3.63) is 58.7 Å². The molecule has 0 saturated carbocycles. The van der Waals surface area contributed by atoms with Gasteiger partial charge in [-0.15, -0.1) is 0 Å². The van der Waals surface area contributed by atoms with Crippen LogP contribution < -0.4 is 5.32 Å². The summed E-state index contributed by atoms with van der Waals surface area (Å²) in [4.78, 5) is 22.3. The van der Waals surface area contributed by atoms with Crippen molar-refractivity contribution in [1.82, 2.24) is 20.2 Å². The van der Waals surface area contributed by atoms with Crippen LogP contribution in [-0.2, 0) is 17.9 Å². The third kappa shape index (κ3) is 3.03. The number of aliphatic hydroxyl groups excluding tert-OH is 1. The summed E-state index contributed by atoms with van der Waals surface area (Å²) >= 11 is 0. The summed E-state index contributed by atoms with van der Waals surface area (Å²) in [5, 5.41) is 13.9. The molecule has 1 aromatic carbocycles. The van der Waals surface area contributed by atoms with Crippen LogP contribution in [0, 0.1) is 6.92 Å². The highest BCUT2D eigenvalue weighted by atomic mass is 16.3. The molecular weight excluding hydrogens is 316 g/mol. The number of rotatable bonds is 3. The van der Waals surface area contributed by atoms with E-state index in [0.29, 0.717) is 24.8 Å². The Balaban J connectivity index is 1.58. The van der Waals surface area contributed by atoms with Gasteiger partial charge in [0.05, 0.1) is 5.69 Å². The van der Waals surface area contributed by atoms with Gasteiger partial charge < -0.3 is 15.3 Å². The molecule has 2 aliphatic heterocycles. The zero-order chi connectivity index (χ0) is 17.4. The molecule has 2 N–H and O–H groups in total. The van der Waals surface area contributed by atoms with Crippen LogP contribution in [0.2, 0.25) is 0 Å². The SMILES string of the molecule is Cc1cc2c(c([C@@H]3CCCN3)c1)CN(C(=O)C(O)c1ccncn1)C2. The van der Waals surface area contributed by atoms with Crippen LogP contribution in [0.5, 0.6) is 0 Å². The van der Waals surface area contributed by atoms with Crippen LogP contribution >= 0.6 is 0 Å². The quantitative estimate of drug-likeness (QED) is 0.892. The number of aromatic nitrogens is 2. The lowest BCUT2D eigenvalue weighted by Gasteiger charge is -2.20. The average molecular weight is 338 g/mol. The van der Waals surface area contributed by atoms with Crippen LogP contribution in [0.3, 0.4) is 0 Å². The van der Waals surface area contributed by atoms with Gasteiger partial charge in [-0.05, 0) is 49.1 Å². The van der Waals surface area contributed by atoms with Gasteiger partial charge in [0.25, 0.3) is 5.91 Å². The predicted molar refractivity (Wildman–Crippen MR) is 92.4 cm³/mol. The topological polar surface area (TPSA) is 78.4 Å². The second-order valence-corrected chi connectivity index (χ2v) is 6.87. The molecule has 6 heteroatoms. The van der Waals surface area contributed by atoms with Crippen molar-refractivity contribution < 1.29 is 9.90 Å². The van der Waals surface area contributed by atoms with Crippen molar-refractivity contribution in [3.8, 4) is 0 Å². The molecule has 1 saturated heterocycles. The van der Waals surface area contributed by atoms with E-state index in [2.05, 4.69) is 34.3 Å². The molecule has 3 heterocycles. The summed E-state index contributed by atoms with van der Waals surface area (Å²) in [5.74, 6) is -0.308. The molecule has 4 rings (SSSR count). The van der Waals surface area contributed by atoms with Gasteiger partial charge in [-0.25, -0.2) is 9.97 Å². The van der Waals surface area contributed by atoms with Crippen LogP contribution in [0.25, 0.3) is 0 Å². The van der Waals surface area contributed by atoms with Gasteiger partial charge in [-0.1, -0.05) is 17.7 Å². The molecule has 1 amide bonds. The van der Waals surface area contributed by atoms with Crippen LogP contribution in [-0.4, -0.2) is 32.4 Å². The molecule has 130 valence electrons.